The molecule has 1 aliphatic heterocycles. The van der Waals surface area contributed by atoms with Crippen molar-refractivity contribution in [2.24, 2.45) is 0 Å². The number of fused-ring (bicyclic) bond motifs is 2. The molecule has 6 heteroatoms. The van der Waals surface area contributed by atoms with Crippen LogP contribution in [0.25, 0.3) is 0 Å². The van der Waals surface area contributed by atoms with Gasteiger partial charge in [-0.2, -0.15) is 0 Å². The van der Waals surface area contributed by atoms with Gasteiger partial charge in [0.25, 0.3) is 0 Å². The number of nitrogens with zero attached hydrogens (tertiary/aromatic N) is 3. The third kappa shape index (κ3) is 3.89. The average molecular weight is 366 g/mol. The molecule has 27 heavy (non-hydrogen) atoms. The molecule has 0 saturated carbocycles. The molecule has 142 valence electrons. The van der Waals surface area contributed by atoms with E-state index in [4.69, 9.17) is 4.74 Å². The largest absolute Gasteiger partial charge is 0.488 e. The first kappa shape index (κ1) is 17.8. The van der Waals surface area contributed by atoms with E-state index in [-0.39, 0.29) is 12.1 Å². The third-order valence-corrected chi connectivity index (χ3v) is 5.35. The summed E-state index contributed by atoms with van der Waals surface area (Å²) < 4.78 is 5.92. The SMILES string of the molecule is Cc1nc(CCNC(=O)N(C)C[C@@H]2Cc3ccccc3O2)nc2c1CCC2. The number of aromatic nitrogens is 2. The molecule has 0 spiro atoms. The summed E-state index contributed by atoms with van der Waals surface area (Å²) in [5, 5.41) is 2.96. The highest BCUT2D eigenvalue weighted by Gasteiger charge is 2.25. The van der Waals surface area contributed by atoms with Gasteiger partial charge in [-0.3, -0.25) is 0 Å². The molecular formula is C21H26N4O2. The Kier molecular flexibility index (Phi) is 4.97. The van der Waals surface area contributed by atoms with Crippen LogP contribution in [-0.4, -0.2) is 47.1 Å². The number of likely N-dealkylation sites (N-methyl/N-ethyl adjacent to an activating group) is 1. The van der Waals surface area contributed by atoms with Crippen LogP contribution < -0.4 is 10.1 Å². The summed E-state index contributed by atoms with van der Waals surface area (Å²) in [6.45, 7) is 3.16. The second-order valence-corrected chi connectivity index (χ2v) is 7.42. The van der Waals surface area contributed by atoms with E-state index in [0.29, 0.717) is 19.5 Å². The topological polar surface area (TPSA) is 67.4 Å². The number of hydrogen-bond donors (Lipinski definition) is 1. The molecule has 1 aromatic carbocycles. The van der Waals surface area contributed by atoms with Gasteiger partial charge in [-0.1, -0.05) is 18.2 Å². The van der Waals surface area contributed by atoms with Gasteiger partial charge in [0.15, 0.2) is 0 Å². The van der Waals surface area contributed by atoms with Crippen LogP contribution >= 0.6 is 0 Å². The average Bonchev–Trinajstić information content (AvgIpc) is 3.27. The maximum Gasteiger partial charge on any atom is 0.317 e. The number of benzene rings is 1. The molecule has 0 bridgehead atoms. The van der Waals surface area contributed by atoms with Gasteiger partial charge in [0, 0.05) is 37.8 Å². The van der Waals surface area contributed by atoms with Crippen LogP contribution in [0.1, 0.15) is 34.8 Å². The number of carbonyl (C=O) groups is 1. The van der Waals surface area contributed by atoms with E-state index in [9.17, 15) is 4.79 Å². The lowest BCUT2D eigenvalue weighted by Crippen LogP contribution is -2.43. The first-order valence-electron chi connectivity index (χ1n) is 9.69. The van der Waals surface area contributed by atoms with Gasteiger partial charge in [-0.05, 0) is 43.4 Å². The van der Waals surface area contributed by atoms with Crippen molar-refractivity contribution in [1.29, 1.82) is 0 Å². The van der Waals surface area contributed by atoms with E-state index in [0.717, 1.165) is 36.5 Å². The molecule has 4 rings (SSSR count). The first-order chi connectivity index (χ1) is 13.1. The molecule has 0 saturated heterocycles. The summed E-state index contributed by atoms with van der Waals surface area (Å²) in [6.07, 6.45) is 4.82. The Morgan fingerprint density at radius 3 is 3.00 bits per heavy atom. The molecule has 2 aromatic rings. The van der Waals surface area contributed by atoms with E-state index in [1.165, 1.54) is 23.2 Å². The number of rotatable bonds is 5. The van der Waals surface area contributed by atoms with E-state index in [1.807, 2.05) is 18.2 Å². The van der Waals surface area contributed by atoms with Crippen molar-refractivity contribution < 1.29 is 9.53 Å². The lowest BCUT2D eigenvalue weighted by molar-refractivity contribution is 0.164. The Morgan fingerprint density at radius 2 is 2.15 bits per heavy atom. The standard InChI is InChI=1S/C21H26N4O2/c1-14-17-7-5-8-18(17)24-20(23-14)10-11-22-21(26)25(2)13-16-12-15-6-3-4-9-19(15)27-16/h3-4,6,9,16H,5,7-8,10-13H2,1-2H3,(H,22,26)/t16-/m0/s1. The van der Waals surface area contributed by atoms with Gasteiger partial charge in [-0.15, -0.1) is 0 Å². The fourth-order valence-corrected chi connectivity index (χ4v) is 3.95. The van der Waals surface area contributed by atoms with Crippen LogP contribution in [0.2, 0.25) is 0 Å². The van der Waals surface area contributed by atoms with Crippen molar-refractivity contribution in [2.75, 3.05) is 20.1 Å². The Morgan fingerprint density at radius 1 is 1.30 bits per heavy atom. The number of hydrogen-bond acceptors (Lipinski definition) is 4. The van der Waals surface area contributed by atoms with E-state index in [2.05, 4.69) is 28.3 Å². The minimum Gasteiger partial charge on any atom is -0.488 e. The minimum absolute atomic E-state index is 0.0147. The number of ether oxygens (including phenoxy) is 1. The number of carbonyl (C=O) groups excluding carboxylic acids is 1. The predicted molar refractivity (Wildman–Crippen MR) is 103 cm³/mol. The van der Waals surface area contributed by atoms with Gasteiger partial charge in [0.1, 0.15) is 17.7 Å². The lowest BCUT2D eigenvalue weighted by atomic mass is 10.1. The number of nitrogens with one attached hydrogen (secondary N) is 1. The summed E-state index contributed by atoms with van der Waals surface area (Å²) >= 11 is 0. The van der Waals surface area contributed by atoms with Crippen LogP contribution in [0, 0.1) is 6.92 Å². The molecule has 1 aliphatic carbocycles. The number of aryl methyl sites for hydroxylation is 2. The third-order valence-electron chi connectivity index (χ3n) is 5.35. The zero-order valence-electron chi connectivity index (χ0n) is 16.0. The molecule has 1 N–H and O–H groups in total. The zero-order valence-corrected chi connectivity index (χ0v) is 16.0. The summed E-state index contributed by atoms with van der Waals surface area (Å²) in [7, 11) is 1.80. The van der Waals surface area contributed by atoms with Gasteiger partial charge in [-0.25, -0.2) is 14.8 Å². The predicted octanol–water partition coefficient (Wildman–Crippen LogP) is 2.46. The molecule has 1 aromatic heterocycles. The summed E-state index contributed by atoms with van der Waals surface area (Å²) in [6, 6.07) is 7.96. The molecule has 2 aliphatic rings. The summed E-state index contributed by atoms with van der Waals surface area (Å²) in [5.41, 5.74) is 4.81. The van der Waals surface area contributed by atoms with Crippen molar-refractivity contribution in [3.63, 3.8) is 0 Å². The Bertz CT molecular complexity index is 827. The quantitative estimate of drug-likeness (QED) is 0.883. The van der Waals surface area contributed by atoms with Gasteiger partial charge in [0.05, 0.1) is 6.54 Å². The molecule has 2 heterocycles. The van der Waals surface area contributed by atoms with Crippen LogP contribution in [0.5, 0.6) is 5.75 Å². The summed E-state index contributed by atoms with van der Waals surface area (Å²) in [4.78, 5) is 23.3. The summed E-state index contributed by atoms with van der Waals surface area (Å²) in [5.74, 6) is 1.76. The smallest absolute Gasteiger partial charge is 0.317 e. The van der Waals surface area contributed by atoms with Crippen molar-refractivity contribution in [3.05, 3.63) is 52.6 Å². The second kappa shape index (κ2) is 7.55. The maximum absolute atomic E-state index is 12.4. The normalized spacial score (nSPS) is 17.2. The van der Waals surface area contributed by atoms with E-state index < -0.39 is 0 Å². The van der Waals surface area contributed by atoms with Crippen LogP contribution in [0.3, 0.4) is 0 Å². The van der Waals surface area contributed by atoms with Crippen LogP contribution in [0.4, 0.5) is 4.79 Å². The molecule has 0 fully saturated rings. The first-order valence-corrected chi connectivity index (χ1v) is 9.69. The van der Waals surface area contributed by atoms with Gasteiger partial charge in [0.2, 0.25) is 0 Å². The number of amides is 2. The Balaban J connectivity index is 1.24. The van der Waals surface area contributed by atoms with E-state index in [1.54, 1.807) is 11.9 Å². The fraction of sp³-hybridized carbons (Fsp3) is 0.476. The van der Waals surface area contributed by atoms with E-state index >= 15 is 0 Å². The van der Waals surface area contributed by atoms with Crippen molar-refractivity contribution in [2.45, 2.75) is 45.1 Å². The van der Waals surface area contributed by atoms with Crippen LogP contribution in [0.15, 0.2) is 24.3 Å². The minimum atomic E-state index is -0.0903. The van der Waals surface area contributed by atoms with Crippen molar-refractivity contribution >= 4 is 6.03 Å². The Labute approximate surface area is 160 Å². The zero-order chi connectivity index (χ0) is 18.8. The highest BCUT2D eigenvalue weighted by Crippen LogP contribution is 2.28. The monoisotopic (exact) mass is 366 g/mol. The number of urea groups is 1. The highest BCUT2D eigenvalue weighted by molar-refractivity contribution is 5.73. The number of para-hydroxylation sites is 1. The maximum atomic E-state index is 12.4. The van der Waals surface area contributed by atoms with Crippen molar-refractivity contribution in [3.8, 4) is 5.75 Å². The van der Waals surface area contributed by atoms with Gasteiger partial charge >= 0.3 is 6.03 Å². The molecule has 6 nitrogen and oxygen atoms in total. The molecule has 2 amide bonds. The Hall–Kier alpha value is -2.63. The molecule has 1 atom stereocenters. The lowest BCUT2D eigenvalue weighted by Gasteiger charge is -2.21. The highest BCUT2D eigenvalue weighted by atomic mass is 16.5. The van der Waals surface area contributed by atoms with Crippen molar-refractivity contribution in [1.82, 2.24) is 20.2 Å². The van der Waals surface area contributed by atoms with Crippen LogP contribution in [-0.2, 0) is 25.7 Å². The molecular weight excluding hydrogens is 340 g/mol. The molecule has 0 unspecified atom stereocenters. The fourth-order valence-electron chi connectivity index (χ4n) is 3.95. The van der Waals surface area contributed by atoms with Gasteiger partial charge < -0.3 is 15.0 Å². The second-order valence-electron chi connectivity index (χ2n) is 7.42. The molecule has 0 radical (unpaired) electrons.